The first-order valence-electron chi connectivity index (χ1n) is 9.05. The number of alkyl halides is 3. The van der Waals surface area contributed by atoms with Crippen molar-refractivity contribution < 1.29 is 22.7 Å². The van der Waals surface area contributed by atoms with Gasteiger partial charge in [0, 0.05) is 30.4 Å². The molecule has 0 N–H and O–H groups in total. The van der Waals surface area contributed by atoms with Crippen molar-refractivity contribution >= 4 is 33.5 Å². The van der Waals surface area contributed by atoms with Gasteiger partial charge in [0.1, 0.15) is 22.6 Å². The fourth-order valence-corrected chi connectivity index (χ4v) is 4.78. The van der Waals surface area contributed by atoms with Crippen LogP contribution in [0.4, 0.5) is 23.8 Å². The number of carbonyl (C=O) groups is 1. The maximum atomic E-state index is 12.7. The minimum absolute atomic E-state index is 0.0941. The third kappa shape index (κ3) is 3.74. The van der Waals surface area contributed by atoms with Gasteiger partial charge in [-0.3, -0.25) is 0 Å². The Balaban J connectivity index is 1.52. The SMILES string of the molecule is CC(C)(C)OC(=O)N1C[C@H]2CN(c3ncnc4sc(CC(F)(F)F)cc34)[C@H]2C1. The number of thiophene rings is 1. The molecule has 6 nitrogen and oxygen atoms in total. The molecule has 10 heteroatoms. The number of nitrogens with zero attached hydrogens (tertiary/aromatic N) is 4. The predicted octanol–water partition coefficient (Wildman–Crippen LogP) is 3.85. The quantitative estimate of drug-likeness (QED) is 0.747. The fraction of sp³-hybridized carbons (Fsp3) is 0.611. The number of halogens is 3. The third-order valence-electron chi connectivity index (χ3n) is 4.90. The number of anilines is 1. The molecule has 2 saturated heterocycles. The number of aromatic nitrogens is 2. The maximum absolute atomic E-state index is 12.7. The molecule has 4 rings (SSSR count). The number of carbonyl (C=O) groups excluding carboxylic acids is 1. The van der Waals surface area contributed by atoms with Gasteiger partial charge in [-0.05, 0) is 26.8 Å². The Labute approximate surface area is 164 Å². The standard InChI is InChI=1S/C18H21F3N4O2S/c1-17(2,3)27-16(26)24-6-10-7-25(13(10)8-24)14-12-4-11(5-18(19,20)21)28-15(12)23-9-22-14/h4,9-10,13H,5-8H2,1-3H3/t10-,13-/m0/s1. The lowest BCUT2D eigenvalue weighted by atomic mass is 9.92. The molecule has 0 bridgehead atoms. The molecule has 4 heterocycles. The molecule has 28 heavy (non-hydrogen) atoms. The summed E-state index contributed by atoms with van der Waals surface area (Å²) < 4.78 is 43.6. The van der Waals surface area contributed by atoms with Gasteiger partial charge in [-0.25, -0.2) is 14.8 Å². The van der Waals surface area contributed by atoms with Gasteiger partial charge in [0.05, 0.1) is 17.8 Å². The lowest BCUT2D eigenvalue weighted by Crippen LogP contribution is -2.56. The van der Waals surface area contributed by atoms with E-state index in [1.165, 1.54) is 12.4 Å². The summed E-state index contributed by atoms with van der Waals surface area (Å²) in [6.45, 7) is 7.33. The summed E-state index contributed by atoms with van der Waals surface area (Å²) in [4.78, 5) is 25.3. The highest BCUT2D eigenvalue weighted by Gasteiger charge is 2.48. The normalized spacial score (nSPS) is 22.4. The van der Waals surface area contributed by atoms with Gasteiger partial charge >= 0.3 is 12.3 Å². The van der Waals surface area contributed by atoms with Gasteiger partial charge in [0.25, 0.3) is 0 Å². The van der Waals surface area contributed by atoms with Crippen LogP contribution in [0.2, 0.25) is 0 Å². The van der Waals surface area contributed by atoms with E-state index in [4.69, 9.17) is 4.74 Å². The van der Waals surface area contributed by atoms with Crippen molar-refractivity contribution in [3.8, 4) is 0 Å². The van der Waals surface area contributed by atoms with E-state index in [1.54, 1.807) is 4.90 Å². The van der Waals surface area contributed by atoms with E-state index in [1.807, 2.05) is 20.8 Å². The van der Waals surface area contributed by atoms with Crippen LogP contribution >= 0.6 is 11.3 Å². The number of hydrogen-bond acceptors (Lipinski definition) is 6. The minimum atomic E-state index is -4.25. The first kappa shape index (κ1) is 19.2. The number of rotatable bonds is 2. The summed E-state index contributed by atoms with van der Waals surface area (Å²) in [7, 11) is 0. The van der Waals surface area contributed by atoms with E-state index in [0.29, 0.717) is 41.6 Å². The highest BCUT2D eigenvalue weighted by molar-refractivity contribution is 7.18. The van der Waals surface area contributed by atoms with Gasteiger partial charge in [0.15, 0.2) is 0 Å². The zero-order valence-corrected chi connectivity index (χ0v) is 16.6. The Morgan fingerprint density at radius 1 is 1.25 bits per heavy atom. The van der Waals surface area contributed by atoms with Crippen LogP contribution in [0, 0.1) is 5.92 Å². The summed E-state index contributed by atoms with van der Waals surface area (Å²) in [5.41, 5.74) is -0.553. The van der Waals surface area contributed by atoms with Gasteiger partial charge in [-0.2, -0.15) is 13.2 Å². The van der Waals surface area contributed by atoms with Crippen LogP contribution in [0.5, 0.6) is 0 Å². The van der Waals surface area contributed by atoms with E-state index >= 15 is 0 Å². The second-order valence-electron chi connectivity index (χ2n) is 8.29. The van der Waals surface area contributed by atoms with Crippen molar-refractivity contribution in [2.75, 3.05) is 24.5 Å². The molecule has 0 radical (unpaired) electrons. The molecular weight excluding hydrogens is 393 g/mol. The number of likely N-dealkylation sites (tertiary alicyclic amines) is 1. The smallest absolute Gasteiger partial charge is 0.410 e. The van der Waals surface area contributed by atoms with E-state index in [-0.39, 0.29) is 17.0 Å². The number of amides is 1. The van der Waals surface area contributed by atoms with Crippen LogP contribution in [-0.2, 0) is 11.2 Å². The van der Waals surface area contributed by atoms with E-state index in [0.717, 1.165) is 11.3 Å². The van der Waals surface area contributed by atoms with Crippen LogP contribution in [0.3, 0.4) is 0 Å². The van der Waals surface area contributed by atoms with Crippen molar-refractivity contribution in [3.05, 3.63) is 17.3 Å². The summed E-state index contributed by atoms with van der Waals surface area (Å²) >= 11 is 1.05. The van der Waals surface area contributed by atoms with Gasteiger partial charge in [0.2, 0.25) is 0 Å². The molecule has 2 fully saturated rings. The molecule has 0 aliphatic carbocycles. The zero-order chi connectivity index (χ0) is 20.3. The Kier molecular flexibility index (Phi) is 4.44. The van der Waals surface area contributed by atoms with Crippen molar-refractivity contribution in [1.29, 1.82) is 0 Å². The molecule has 152 valence electrons. The second kappa shape index (κ2) is 6.47. The molecule has 2 aliphatic rings. The van der Waals surface area contributed by atoms with Crippen LogP contribution < -0.4 is 4.90 Å². The first-order chi connectivity index (χ1) is 13.0. The largest absolute Gasteiger partial charge is 0.444 e. The summed E-state index contributed by atoms with van der Waals surface area (Å²) in [6.07, 6.45) is -4.17. The Hall–Kier alpha value is -2.10. The molecule has 2 aliphatic heterocycles. The average Bonchev–Trinajstić information content (AvgIpc) is 3.06. The number of fused-ring (bicyclic) bond motifs is 2. The predicted molar refractivity (Wildman–Crippen MR) is 99.6 cm³/mol. The lowest BCUT2D eigenvalue weighted by molar-refractivity contribution is -0.126. The van der Waals surface area contributed by atoms with Crippen LogP contribution in [-0.4, -0.2) is 58.4 Å². The topological polar surface area (TPSA) is 58.6 Å². The second-order valence-corrected chi connectivity index (χ2v) is 9.40. The summed E-state index contributed by atoms with van der Waals surface area (Å²) in [5, 5.41) is 0.640. The molecule has 2 aromatic heterocycles. The molecule has 1 amide bonds. The van der Waals surface area contributed by atoms with E-state index in [9.17, 15) is 18.0 Å². The van der Waals surface area contributed by atoms with Crippen molar-refractivity contribution in [1.82, 2.24) is 14.9 Å². The first-order valence-corrected chi connectivity index (χ1v) is 9.86. The molecule has 0 spiro atoms. The number of ether oxygens (including phenoxy) is 1. The van der Waals surface area contributed by atoms with Crippen molar-refractivity contribution in [3.63, 3.8) is 0 Å². The highest BCUT2D eigenvalue weighted by Crippen LogP contribution is 2.40. The third-order valence-corrected chi connectivity index (χ3v) is 5.94. The lowest BCUT2D eigenvalue weighted by Gasteiger charge is -2.44. The zero-order valence-electron chi connectivity index (χ0n) is 15.8. The van der Waals surface area contributed by atoms with Gasteiger partial charge < -0.3 is 14.5 Å². The molecule has 0 unspecified atom stereocenters. The van der Waals surface area contributed by atoms with Crippen molar-refractivity contribution in [2.45, 2.75) is 45.0 Å². The maximum Gasteiger partial charge on any atom is 0.410 e. The molecule has 0 saturated carbocycles. The van der Waals surface area contributed by atoms with Gasteiger partial charge in [-0.1, -0.05) is 0 Å². The van der Waals surface area contributed by atoms with Crippen molar-refractivity contribution in [2.24, 2.45) is 5.92 Å². The fourth-order valence-electron chi connectivity index (χ4n) is 3.76. The van der Waals surface area contributed by atoms with E-state index in [2.05, 4.69) is 14.9 Å². The van der Waals surface area contributed by atoms with Crippen LogP contribution in [0.25, 0.3) is 10.2 Å². The van der Waals surface area contributed by atoms with Gasteiger partial charge in [-0.15, -0.1) is 11.3 Å². The molecular formula is C18H21F3N4O2S. The Morgan fingerprint density at radius 3 is 2.68 bits per heavy atom. The van der Waals surface area contributed by atoms with E-state index < -0.39 is 18.2 Å². The minimum Gasteiger partial charge on any atom is -0.444 e. The summed E-state index contributed by atoms with van der Waals surface area (Å²) in [5.74, 6) is 0.952. The highest BCUT2D eigenvalue weighted by atomic mass is 32.1. The molecule has 2 aromatic rings. The monoisotopic (exact) mass is 414 g/mol. The van der Waals surface area contributed by atoms with Crippen LogP contribution in [0.15, 0.2) is 12.4 Å². The molecule has 0 aromatic carbocycles. The molecule has 2 atom stereocenters. The average molecular weight is 414 g/mol. The Bertz CT molecular complexity index is 908. The Morgan fingerprint density at radius 2 is 2.00 bits per heavy atom. The summed E-state index contributed by atoms with van der Waals surface area (Å²) in [6, 6.07) is 1.63. The van der Waals surface area contributed by atoms with Crippen LogP contribution in [0.1, 0.15) is 25.6 Å². The number of hydrogen-bond donors (Lipinski definition) is 0.